The van der Waals surface area contributed by atoms with E-state index in [1.165, 1.54) is 0 Å². The average Bonchev–Trinajstić information content (AvgIpc) is 2.92. The van der Waals surface area contributed by atoms with Crippen LogP contribution in [0.3, 0.4) is 0 Å². The highest BCUT2D eigenvalue weighted by Crippen LogP contribution is 2.24. The highest BCUT2D eigenvalue weighted by Gasteiger charge is 2.27. The monoisotopic (exact) mass is 274 g/mol. The summed E-state index contributed by atoms with van der Waals surface area (Å²) in [4.78, 5) is 14.1. The van der Waals surface area contributed by atoms with E-state index < -0.39 is 0 Å². The summed E-state index contributed by atoms with van der Waals surface area (Å²) in [5.41, 5.74) is 7.40. The van der Waals surface area contributed by atoms with Crippen LogP contribution in [0, 0.1) is 12.3 Å². The summed E-state index contributed by atoms with van der Waals surface area (Å²) in [5.74, 6) is 0.0240. The molecule has 5 heteroatoms. The van der Waals surface area contributed by atoms with Crippen molar-refractivity contribution in [2.75, 3.05) is 11.9 Å². The Labute approximate surface area is 119 Å². The van der Waals surface area contributed by atoms with Crippen LogP contribution in [0.15, 0.2) is 24.3 Å². The fourth-order valence-corrected chi connectivity index (χ4v) is 2.60. The van der Waals surface area contributed by atoms with Gasteiger partial charge in [0, 0.05) is 11.7 Å². The van der Waals surface area contributed by atoms with Crippen LogP contribution < -0.4 is 11.1 Å². The first-order chi connectivity index (χ1) is 9.56. The summed E-state index contributed by atoms with van der Waals surface area (Å²) in [6.07, 6.45) is 4.26. The second-order valence-electron chi connectivity index (χ2n) is 5.39. The van der Waals surface area contributed by atoms with Gasteiger partial charge in [-0.25, -0.2) is 4.79 Å². The number of nitrogens with two attached hydrogens (primary N) is 1. The number of aryl methyl sites for hydroxylation is 1. The van der Waals surface area contributed by atoms with E-state index in [1.54, 1.807) is 4.90 Å². The van der Waals surface area contributed by atoms with Gasteiger partial charge in [0.2, 0.25) is 0 Å². The molecule has 1 aliphatic carbocycles. The lowest BCUT2D eigenvalue weighted by molar-refractivity contribution is 0.198. The number of anilines is 1. The Morgan fingerprint density at radius 1 is 1.35 bits per heavy atom. The molecule has 1 aromatic carbocycles. The van der Waals surface area contributed by atoms with Crippen molar-refractivity contribution in [3.63, 3.8) is 0 Å². The summed E-state index contributed by atoms with van der Waals surface area (Å²) < 4.78 is 0. The molecule has 0 bridgehead atoms. The molecule has 0 atom stereocenters. The first kappa shape index (κ1) is 14.4. The number of carbonyl (C=O) groups is 1. The van der Waals surface area contributed by atoms with Gasteiger partial charge in [-0.2, -0.15) is 0 Å². The molecule has 4 N–H and O–H groups in total. The van der Waals surface area contributed by atoms with Gasteiger partial charge in [-0.15, -0.1) is 0 Å². The van der Waals surface area contributed by atoms with E-state index in [1.807, 2.05) is 31.2 Å². The quantitative estimate of drug-likeness (QED) is 0.582. The van der Waals surface area contributed by atoms with Crippen LogP contribution in [0.25, 0.3) is 0 Å². The second kappa shape index (κ2) is 6.41. The third kappa shape index (κ3) is 3.73. The minimum atomic E-state index is -0.170. The normalized spacial score (nSPS) is 15.1. The Bertz CT molecular complexity index is 477. The number of rotatable bonds is 4. The maximum Gasteiger partial charge on any atom is 0.322 e. The molecule has 0 aromatic heterocycles. The smallest absolute Gasteiger partial charge is 0.322 e. The molecule has 0 unspecified atom stereocenters. The maximum atomic E-state index is 12.4. The summed E-state index contributed by atoms with van der Waals surface area (Å²) in [6, 6.07) is 7.71. The number of nitrogens with zero attached hydrogens (tertiary/aromatic N) is 1. The number of amidine groups is 1. The number of amides is 2. The molecule has 1 saturated carbocycles. The molecule has 1 aromatic rings. The van der Waals surface area contributed by atoms with E-state index in [2.05, 4.69) is 5.32 Å². The van der Waals surface area contributed by atoms with Crippen molar-refractivity contribution >= 4 is 17.6 Å². The zero-order chi connectivity index (χ0) is 14.5. The molecule has 1 fully saturated rings. The molecule has 0 spiro atoms. The number of benzene rings is 1. The van der Waals surface area contributed by atoms with Crippen LogP contribution in [0.5, 0.6) is 0 Å². The predicted octanol–water partition coefficient (Wildman–Crippen LogP) is 2.71. The Kier molecular flexibility index (Phi) is 4.61. The fourth-order valence-electron chi connectivity index (χ4n) is 2.60. The predicted molar refractivity (Wildman–Crippen MR) is 81.1 cm³/mol. The van der Waals surface area contributed by atoms with Crippen LogP contribution in [0.4, 0.5) is 10.5 Å². The van der Waals surface area contributed by atoms with Crippen LogP contribution in [0.2, 0.25) is 0 Å². The Morgan fingerprint density at radius 2 is 1.95 bits per heavy atom. The Morgan fingerprint density at radius 3 is 2.50 bits per heavy atom. The van der Waals surface area contributed by atoms with E-state index in [9.17, 15) is 4.79 Å². The largest absolute Gasteiger partial charge is 0.386 e. The van der Waals surface area contributed by atoms with Gasteiger partial charge in [0.1, 0.15) is 5.84 Å². The van der Waals surface area contributed by atoms with Gasteiger partial charge in [-0.1, -0.05) is 30.5 Å². The Balaban J connectivity index is 2.05. The van der Waals surface area contributed by atoms with E-state index in [4.69, 9.17) is 11.1 Å². The van der Waals surface area contributed by atoms with Crippen molar-refractivity contribution in [3.8, 4) is 0 Å². The number of urea groups is 1. The van der Waals surface area contributed by atoms with Crippen molar-refractivity contribution in [3.05, 3.63) is 29.8 Å². The third-order valence-electron chi connectivity index (χ3n) is 3.67. The molecule has 20 heavy (non-hydrogen) atoms. The minimum absolute atomic E-state index is 0.0240. The minimum Gasteiger partial charge on any atom is -0.386 e. The van der Waals surface area contributed by atoms with Crippen molar-refractivity contribution < 1.29 is 4.79 Å². The highest BCUT2D eigenvalue weighted by atomic mass is 16.2. The zero-order valence-corrected chi connectivity index (χ0v) is 11.9. The SMILES string of the molecule is Cc1ccc(NC(=O)N(CC(=N)N)C2CCCC2)cc1. The molecule has 0 radical (unpaired) electrons. The Hall–Kier alpha value is -2.04. The summed E-state index contributed by atoms with van der Waals surface area (Å²) in [7, 11) is 0. The van der Waals surface area contributed by atoms with Crippen molar-refractivity contribution in [1.29, 1.82) is 5.41 Å². The third-order valence-corrected chi connectivity index (χ3v) is 3.67. The molecular weight excluding hydrogens is 252 g/mol. The van der Waals surface area contributed by atoms with Gasteiger partial charge in [0.15, 0.2) is 0 Å². The molecular formula is C15H22N4O. The first-order valence-corrected chi connectivity index (χ1v) is 7.03. The lowest BCUT2D eigenvalue weighted by Crippen LogP contribution is -2.46. The van der Waals surface area contributed by atoms with Gasteiger partial charge in [-0.3, -0.25) is 5.41 Å². The summed E-state index contributed by atoms with van der Waals surface area (Å²) in [5, 5.41) is 10.3. The van der Waals surface area contributed by atoms with Crippen LogP contribution in [0.1, 0.15) is 31.2 Å². The van der Waals surface area contributed by atoms with Gasteiger partial charge in [0.25, 0.3) is 0 Å². The van der Waals surface area contributed by atoms with Crippen molar-refractivity contribution in [2.45, 2.75) is 38.6 Å². The van der Waals surface area contributed by atoms with Crippen LogP contribution in [-0.2, 0) is 0 Å². The zero-order valence-electron chi connectivity index (χ0n) is 11.9. The topological polar surface area (TPSA) is 82.2 Å². The highest BCUT2D eigenvalue weighted by molar-refractivity contribution is 5.92. The van der Waals surface area contributed by atoms with Crippen LogP contribution >= 0.6 is 0 Å². The second-order valence-corrected chi connectivity index (χ2v) is 5.39. The van der Waals surface area contributed by atoms with Gasteiger partial charge >= 0.3 is 6.03 Å². The molecule has 0 aliphatic heterocycles. The standard InChI is InChI=1S/C15H22N4O/c1-11-6-8-12(9-7-11)18-15(20)19(10-14(16)17)13-4-2-3-5-13/h6-9,13H,2-5,10H2,1H3,(H3,16,17)(H,18,20). The summed E-state index contributed by atoms with van der Waals surface area (Å²) >= 11 is 0. The first-order valence-electron chi connectivity index (χ1n) is 7.03. The molecule has 108 valence electrons. The van der Waals surface area contributed by atoms with Gasteiger partial charge < -0.3 is 16.0 Å². The van der Waals surface area contributed by atoms with Crippen molar-refractivity contribution in [1.82, 2.24) is 4.90 Å². The van der Waals surface area contributed by atoms with E-state index in [0.29, 0.717) is 0 Å². The molecule has 2 rings (SSSR count). The lowest BCUT2D eigenvalue weighted by Gasteiger charge is -2.28. The number of hydrogen-bond acceptors (Lipinski definition) is 2. The van der Waals surface area contributed by atoms with Gasteiger partial charge in [-0.05, 0) is 31.9 Å². The maximum absolute atomic E-state index is 12.4. The van der Waals surface area contributed by atoms with E-state index in [0.717, 1.165) is 36.9 Å². The van der Waals surface area contributed by atoms with Crippen LogP contribution in [-0.4, -0.2) is 29.4 Å². The van der Waals surface area contributed by atoms with Gasteiger partial charge in [0.05, 0.1) is 6.54 Å². The number of hydrogen-bond donors (Lipinski definition) is 3. The molecule has 5 nitrogen and oxygen atoms in total. The molecule has 1 aliphatic rings. The fraction of sp³-hybridized carbons (Fsp3) is 0.467. The van der Waals surface area contributed by atoms with Crippen molar-refractivity contribution in [2.24, 2.45) is 5.73 Å². The van der Waals surface area contributed by atoms with E-state index >= 15 is 0 Å². The van der Waals surface area contributed by atoms with E-state index in [-0.39, 0.29) is 24.5 Å². The molecule has 0 saturated heterocycles. The number of nitrogens with one attached hydrogen (secondary N) is 2. The lowest BCUT2D eigenvalue weighted by atomic mass is 10.2. The number of carbonyl (C=O) groups excluding carboxylic acids is 1. The molecule has 2 amide bonds. The summed E-state index contributed by atoms with van der Waals surface area (Å²) in [6.45, 7) is 2.20. The average molecular weight is 274 g/mol. The molecule has 0 heterocycles.